The summed E-state index contributed by atoms with van der Waals surface area (Å²) in [5, 5.41) is 2.59. The molecule has 0 saturated heterocycles. The van der Waals surface area contributed by atoms with Crippen molar-refractivity contribution in [3.05, 3.63) is 17.1 Å². The van der Waals surface area contributed by atoms with Crippen molar-refractivity contribution in [2.75, 3.05) is 6.54 Å². The van der Waals surface area contributed by atoms with E-state index >= 15 is 0 Å². The number of hydrogen-bond donors (Lipinski definition) is 0. The lowest BCUT2D eigenvalue weighted by molar-refractivity contribution is 1.13. The van der Waals surface area contributed by atoms with Crippen LogP contribution in [0.15, 0.2) is 17.3 Å². The van der Waals surface area contributed by atoms with Crippen molar-refractivity contribution >= 4 is 0 Å². The molecular formula is C4H7NO. The summed E-state index contributed by atoms with van der Waals surface area (Å²) in [5.41, 5.74) is 0.810. The Morgan fingerprint density at radius 2 is 2.50 bits per heavy atom. The molecule has 0 saturated carbocycles. The molecule has 6 heavy (non-hydrogen) atoms. The Labute approximate surface area is 36.8 Å². The van der Waals surface area contributed by atoms with Crippen molar-refractivity contribution in [3.8, 4) is 0 Å². The van der Waals surface area contributed by atoms with Crippen LogP contribution in [0.5, 0.6) is 0 Å². The van der Waals surface area contributed by atoms with Crippen LogP contribution in [0, 0.1) is 4.91 Å². The molecule has 0 aromatic heterocycles. The number of nitroso groups, excluding NO2 is 1. The van der Waals surface area contributed by atoms with E-state index in [0.29, 0.717) is 0 Å². The van der Waals surface area contributed by atoms with Crippen molar-refractivity contribution in [3.63, 3.8) is 0 Å². The Morgan fingerprint density at radius 3 is 2.50 bits per heavy atom. The SMILES string of the molecule is C=C(C)CN=O. The van der Waals surface area contributed by atoms with E-state index in [9.17, 15) is 4.91 Å². The fraction of sp³-hybridized carbons (Fsp3) is 0.500. The van der Waals surface area contributed by atoms with Crippen molar-refractivity contribution in [2.45, 2.75) is 6.92 Å². The molecule has 0 spiro atoms. The topological polar surface area (TPSA) is 29.4 Å². The van der Waals surface area contributed by atoms with E-state index in [1.165, 1.54) is 0 Å². The molecule has 2 heteroatoms. The van der Waals surface area contributed by atoms with Gasteiger partial charge in [0.05, 0.1) is 0 Å². The molecule has 2 nitrogen and oxygen atoms in total. The summed E-state index contributed by atoms with van der Waals surface area (Å²) in [7, 11) is 0. The van der Waals surface area contributed by atoms with E-state index < -0.39 is 0 Å². The third-order valence-corrected chi connectivity index (χ3v) is 0.334. The lowest BCUT2D eigenvalue weighted by Gasteiger charge is -1.78. The van der Waals surface area contributed by atoms with Crippen molar-refractivity contribution in [1.82, 2.24) is 0 Å². The summed E-state index contributed by atoms with van der Waals surface area (Å²) < 4.78 is 0. The Balaban J connectivity index is 3.05. The van der Waals surface area contributed by atoms with E-state index in [1.807, 2.05) is 0 Å². The minimum atomic E-state index is 0.250. The fourth-order valence-electron chi connectivity index (χ4n) is 0.110. The Morgan fingerprint density at radius 1 is 2.00 bits per heavy atom. The second kappa shape index (κ2) is 2.57. The van der Waals surface area contributed by atoms with Gasteiger partial charge in [-0.3, -0.25) is 0 Å². The first-order valence-corrected chi connectivity index (χ1v) is 1.71. The molecule has 0 aliphatic carbocycles. The molecule has 0 heterocycles. The van der Waals surface area contributed by atoms with Crippen LogP contribution in [0.2, 0.25) is 0 Å². The molecule has 0 N–H and O–H groups in total. The average molecular weight is 85.1 g/mol. The van der Waals surface area contributed by atoms with Crippen LogP contribution in [-0.4, -0.2) is 6.54 Å². The molecule has 0 unspecified atom stereocenters. The molecular weight excluding hydrogens is 78.0 g/mol. The summed E-state index contributed by atoms with van der Waals surface area (Å²) in [6.45, 7) is 5.47. The van der Waals surface area contributed by atoms with Crippen LogP contribution < -0.4 is 0 Å². The molecule has 0 aliphatic rings. The number of hydrogen-bond acceptors (Lipinski definition) is 2. The highest BCUT2D eigenvalue weighted by Gasteiger charge is 1.76. The van der Waals surface area contributed by atoms with Crippen LogP contribution >= 0.6 is 0 Å². The third-order valence-electron chi connectivity index (χ3n) is 0.334. The van der Waals surface area contributed by atoms with Crippen molar-refractivity contribution in [2.24, 2.45) is 5.18 Å². The van der Waals surface area contributed by atoms with E-state index in [-0.39, 0.29) is 6.54 Å². The van der Waals surface area contributed by atoms with Gasteiger partial charge in [-0.2, -0.15) is 4.91 Å². The predicted molar refractivity (Wildman–Crippen MR) is 25.5 cm³/mol. The molecule has 0 atom stereocenters. The lowest BCUT2D eigenvalue weighted by Crippen LogP contribution is -1.73. The molecule has 0 bridgehead atoms. The van der Waals surface area contributed by atoms with Crippen LogP contribution in [0.4, 0.5) is 0 Å². The van der Waals surface area contributed by atoms with Crippen LogP contribution in [0.3, 0.4) is 0 Å². The van der Waals surface area contributed by atoms with Gasteiger partial charge >= 0.3 is 0 Å². The summed E-state index contributed by atoms with van der Waals surface area (Å²) in [6, 6.07) is 0. The van der Waals surface area contributed by atoms with Crippen LogP contribution in [0.1, 0.15) is 6.92 Å². The van der Waals surface area contributed by atoms with Gasteiger partial charge in [-0.05, 0) is 6.92 Å². The minimum absolute atomic E-state index is 0.250. The molecule has 0 radical (unpaired) electrons. The zero-order valence-electron chi connectivity index (χ0n) is 3.77. The maximum absolute atomic E-state index is 9.30. The highest BCUT2D eigenvalue weighted by atomic mass is 16.3. The Hall–Kier alpha value is -0.660. The number of rotatable bonds is 2. The standard InChI is InChI=1S/C4H7NO/c1-4(2)3-5-6/h1,3H2,2H3. The molecule has 0 aromatic rings. The summed E-state index contributed by atoms with van der Waals surface area (Å²) in [5.74, 6) is 0. The van der Waals surface area contributed by atoms with Gasteiger partial charge in [-0.1, -0.05) is 17.3 Å². The largest absolute Gasteiger partial charge is 0.150 e. The summed E-state index contributed by atoms with van der Waals surface area (Å²) in [4.78, 5) is 9.30. The average Bonchev–Trinajstić information content (AvgIpc) is 1.35. The predicted octanol–water partition coefficient (Wildman–Crippen LogP) is 1.33. The second-order valence-electron chi connectivity index (χ2n) is 1.24. The van der Waals surface area contributed by atoms with Gasteiger partial charge in [0, 0.05) is 0 Å². The molecule has 0 fully saturated rings. The van der Waals surface area contributed by atoms with Gasteiger partial charge in [0.1, 0.15) is 6.54 Å². The highest BCUT2D eigenvalue weighted by Crippen LogP contribution is 1.83. The molecule has 0 aliphatic heterocycles. The van der Waals surface area contributed by atoms with Gasteiger partial charge in [0.15, 0.2) is 0 Å². The first-order chi connectivity index (χ1) is 2.77. The normalized spacial score (nSPS) is 7.50. The number of nitrogens with zero attached hydrogens (tertiary/aromatic N) is 1. The summed E-state index contributed by atoms with van der Waals surface area (Å²) >= 11 is 0. The fourth-order valence-corrected chi connectivity index (χ4v) is 0.110. The molecule has 0 amide bonds. The lowest BCUT2D eigenvalue weighted by atomic mass is 10.4. The zero-order valence-corrected chi connectivity index (χ0v) is 3.77. The molecule has 34 valence electrons. The second-order valence-corrected chi connectivity index (χ2v) is 1.24. The van der Waals surface area contributed by atoms with Gasteiger partial charge < -0.3 is 0 Å². The smallest absolute Gasteiger partial charge is 0.102 e. The van der Waals surface area contributed by atoms with Gasteiger partial charge in [-0.25, -0.2) is 0 Å². The Kier molecular flexibility index (Phi) is 2.29. The van der Waals surface area contributed by atoms with Crippen molar-refractivity contribution < 1.29 is 0 Å². The first kappa shape index (κ1) is 5.34. The van der Waals surface area contributed by atoms with Crippen LogP contribution in [-0.2, 0) is 0 Å². The first-order valence-electron chi connectivity index (χ1n) is 1.71. The van der Waals surface area contributed by atoms with E-state index in [2.05, 4.69) is 11.8 Å². The summed E-state index contributed by atoms with van der Waals surface area (Å²) in [6.07, 6.45) is 0. The van der Waals surface area contributed by atoms with Gasteiger partial charge in [0.25, 0.3) is 0 Å². The maximum atomic E-state index is 9.30. The quantitative estimate of drug-likeness (QED) is 0.367. The molecule has 0 rings (SSSR count). The van der Waals surface area contributed by atoms with E-state index in [0.717, 1.165) is 5.57 Å². The van der Waals surface area contributed by atoms with Crippen LogP contribution in [0.25, 0.3) is 0 Å². The van der Waals surface area contributed by atoms with Gasteiger partial charge in [0.2, 0.25) is 0 Å². The third kappa shape index (κ3) is 3.34. The Bertz CT molecular complexity index is 67.9. The van der Waals surface area contributed by atoms with Crippen molar-refractivity contribution in [1.29, 1.82) is 0 Å². The minimum Gasteiger partial charge on any atom is -0.150 e. The molecule has 0 aromatic carbocycles. The van der Waals surface area contributed by atoms with Gasteiger partial charge in [-0.15, -0.1) is 0 Å². The van der Waals surface area contributed by atoms with E-state index in [1.54, 1.807) is 6.92 Å². The zero-order chi connectivity index (χ0) is 4.99. The monoisotopic (exact) mass is 85.1 g/mol. The highest BCUT2D eigenvalue weighted by molar-refractivity contribution is 4.89. The maximum Gasteiger partial charge on any atom is 0.102 e. The van der Waals surface area contributed by atoms with E-state index in [4.69, 9.17) is 0 Å².